The Morgan fingerprint density at radius 1 is 1.12 bits per heavy atom. The highest BCUT2D eigenvalue weighted by molar-refractivity contribution is 6.31. The first-order valence-corrected chi connectivity index (χ1v) is 7.83. The molecule has 3 aromatic rings. The smallest absolute Gasteiger partial charge is 0.229 e. The maximum Gasteiger partial charge on any atom is 0.229 e. The molecule has 0 bridgehead atoms. The van der Waals surface area contributed by atoms with Gasteiger partial charge in [-0.2, -0.15) is 4.98 Å². The lowest BCUT2D eigenvalue weighted by atomic mass is 10.1. The molecule has 0 aliphatic rings. The van der Waals surface area contributed by atoms with Crippen molar-refractivity contribution in [2.24, 2.45) is 0 Å². The molecule has 0 atom stereocenters. The molecule has 1 heterocycles. The van der Waals surface area contributed by atoms with E-state index in [0.29, 0.717) is 24.0 Å². The van der Waals surface area contributed by atoms with E-state index in [1.54, 1.807) is 18.3 Å². The van der Waals surface area contributed by atoms with Crippen LogP contribution >= 0.6 is 11.6 Å². The topological polar surface area (TPSA) is 49.8 Å². The summed E-state index contributed by atoms with van der Waals surface area (Å²) in [5.74, 6) is 0.646. The first kappa shape index (κ1) is 16.2. The van der Waals surface area contributed by atoms with E-state index >= 15 is 0 Å². The standard InChI is InChI=1S/C18H16ClFN4/c1-12-4-2-3-5-13(12)11-22-17-8-9-21-18(24-17)23-14-6-7-16(20)15(19)10-14/h2-10H,11H2,1H3,(H2,21,22,23,24). The minimum atomic E-state index is -0.461. The highest BCUT2D eigenvalue weighted by Gasteiger charge is 2.04. The minimum Gasteiger partial charge on any atom is -0.366 e. The molecule has 0 aliphatic carbocycles. The van der Waals surface area contributed by atoms with Gasteiger partial charge in [0.2, 0.25) is 5.95 Å². The van der Waals surface area contributed by atoms with Gasteiger partial charge in [0, 0.05) is 18.4 Å². The molecule has 6 heteroatoms. The maximum atomic E-state index is 13.2. The van der Waals surface area contributed by atoms with Crippen molar-refractivity contribution in [2.45, 2.75) is 13.5 Å². The van der Waals surface area contributed by atoms with Gasteiger partial charge in [-0.3, -0.25) is 0 Å². The maximum absolute atomic E-state index is 13.2. The highest BCUT2D eigenvalue weighted by Crippen LogP contribution is 2.21. The van der Waals surface area contributed by atoms with E-state index in [1.165, 1.54) is 23.3 Å². The van der Waals surface area contributed by atoms with Crippen molar-refractivity contribution in [2.75, 3.05) is 10.6 Å². The van der Waals surface area contributed by atoms with Gasteiger partial charge in [0.05, 0.1) is 5.02 Å². The van der Waals surface area contributed by atoms with Crippen LogP contribution in [0.25, 0.3) is 0 Å². The van der Waals surface area contributed by atoms with Gasteiger partial charge in [-0.1, -0.05) is 35.9 Å². The van der Waals surface area contributed by atoms with Crippen molar-refractivity contribution in [3.05, 3.63) is 76.7 Å². The third-order valence-corrected chi connectivity index (χ3v) is 3.84. The molecule has 0 saturated heterocycles. The third-order valence-electron chi connectivity index (χ3n) is 3.55. The van der Waals surface area contributed by atoms with Gasteiger partial charge >= 0.3 is 0 Å². The van der Waals surface area contributed by atoms with Crippen LogP contribution in [0.15, 0.2) is 54.7 Å². The molecule has 0 radical (unpaired) electrons. The normalized spacial score (nSPS) is 10.5. The van der Waals surface area contributed by atoms with E-state index in [9.17, 15) is 4.39 Å². The fourth-order valence-corrected chi connectivity index (χ4v) is 2.40. The summed E-state index contributed by atoms with van der Waals surface area (Å²) in [6, 6.07) is 14.3. The summed E-state index contributed by atoms with van der Waals surface area (Å²) in [5, 5.41) is 6.33. The van der Waals surface area contributed by atoms with E-state index in [0.717, 1.165) is 0 Å². The lowest BCUT2D eigenvalue weighted by Crippen LogP contribution is -2.05. The summed E-state index contributed by atoms with van der Waals surface area (Å²) in [6.45, 7) is 2.74. The first-order chi connectivity index (χ1) is 11.6. The van der Waals surface area contributed by atoms with Crippen molar-refractivity contribution in [1.29, 1.82) is 0 Å². The summed E-state index contributed by atoms with van der Waals surface area (Å²) >= 11 is 5.78. The molecule has 4 nitrogen and oxygen atoms in total. The van der Waals surface area contributed by atoms with Crippen molar-refractivity contribution in [1.82, 2.24) is 9.97 Å². The Morgan fingerprint density at radius 3 is 2.75 bits per heavy atom. The Balaban J connectivity index is 1.69. The quantitative estimate of drug-likeness (QED) is 0.690. The van der Waals surface area contributed by atoms with Crippen LogP contribution in [0.1, 0.15) is 11.1 Å². The van der Waals surface area contributed by atoms with Gasteiger partial charge in [-0.05, 0) is 42.3 Å². The van der Waals surface area contributed by atoms with Crippen molar-refractivity contribution < 1.29 is 4.39 Å². The number of nitrogens with zero attached hydrogens (tertiary/aromatic N) is 2. The summed E-state index contributed by atoms with van der Waals surface area (Å²) in [5.41, 5.74) is 3.05. The number of hydrogen-bond donors (Lipinski definition) is 2. The second-order valence-corrected chi connectivity index (χ2v) is 5.71. The van der Waals surface area contributed by atoms with E-state index < -0.39 is 5.82 Å². The zero-order chi connectivity index (χ0) is 16.9. The van der Waals surface area contributed by atoms with Crippen molar-refractivity contribution in [3.8, 4) is 0 Å². The van der Waals surface area contributed by atoms with Crippen LogP contribution in [0.2, 0.25) is 5.02 Å². The third kappa shape index (κ3) is 4.00. The Morgan fingerprint density at radius 2 is 1.96 bits per heavy atom. The Hall–Kier alpha value is -2.66. The van der Waals surface area contributed by atoms with E-state index in [-0.39, 0.29) is 5.02 Å². The number of halogens is 2. The molecule has 122 valence electrons. The predicted octanol–water partition coefficient (Wildman–Crippen LogP) is 4.93. The van der Waals surface area contributed by atoms with Crippen LogP contribution in [-0.2, 0) is 6.54 Å². The van der Waals surface area contributed by atoms with Gasteiger partial charge < -0.3 is 10.6 Å². The molecule has 24 heavy (non-hydrogen) atoms. The summed E-state index contributed by atoms with van der Waals surface area (Å²) in [6.07, 6.45) is 1.65. The number of benzene rings is 2. The van der Waals surface area contributed by atoms with Gasteiger partial charge in [0.25, 0.3) is 0 Å². The first-order valence-electron chi connectivity index (χ1n) is 7.45. The molecular formula is C18H16ClFN4. The second kappa shape index (κ2) is 7.27. The lowest BCUT2D eigenvalue weighted by Gasteiger charge is -2.10. The summed E-state index contributed by atoms with van der Waals surface area (Å²) in [7, 11) is 0. The van der Waals surface area contributed by atoms with Crippen molar-refractivity contribution >= 4 is 29.1 Å². The van der Waals surface area contributed by atoms with Crippen LogP contribution in [-0.4, -0.2) is 9.97 Å². The average Bonchev–Trinajstić information content (AvgIpc) is 2.58. The van der Waals surface area contributed by atoms with E-state index in [2.05, 4.69) is 39.7 Å². The monoisotopic (exact) mass is 342 g/mol. The molecule has 0 unspecified atom stereocenters. The molecular weight excluding hydrogens is 327 g/mol. The number of anilines is 3. The van der Waals surface area contributed by atoms with Crippen LogP contribution in [0.3, 0.4) is 0 Å². The molecule has 0 amide bonds. The fourth-order valence-electron chi connectivity index (χ4n) is 2.21. The lowest BCUT2D eigenvalue weighted by molar-refractivity contribution is 0.628. The number of aromatic nitrogens is 2. The number of aryl methyl sites for hydroxylation is 1. The molecule has 1 aromatic heterocycles. The molecule has 0 aliphatic heterocycles. The number of rotatable bonds is 5. The van der Waals surface area contributed by atoms with Crippen LogP contribution in [0, 0.1) is 12.7 Å². The highest BCUT2D eigenvalue weighted by atomic mass is 35.5. The molecule has 0 spiro atoms. The molecule has 2 aromatic carbocycles. The van der Waals surface area contributed by atoms with E-state index in [1.807, 2.05) is 12.1 Å². The average molecular weight is 343 g/mol. The molecule has 0 fully saturated rings. The van der Waals surface area contributed by atoms with E-state index in [4.69, 9.17) is 11.6 Å². The Kier molecular flexibility index (Phi) is 4.91. The summed E-state index contributed by atoms with van der Waals surface area (Å²) < 4.78 is 13.2. The van der Waals surface area contributed by atoms with Gasteiger partial charge in [-0.25, -0.2) is 9.37 Å². The molecule has 2 N–H and O–H groups in total. The van der Waals surface area contributed by atoms with Gasteiger partial charge in [0.15, 0.2) is 0 Å². The summed E-state index contributed by atoms with van der Waals surface area (Å²) in [4.78, 5) is 8.55. The van der Waals surface area contributed by atoms with Gasteiger partial charge in [0.1, 0.15) is 11.6 Å². The Labute approximate surface area is 144 Å². The Bertz CT molecular complexity index is 854. The number of hydrogen-bond acceptors (Lipinski definition) is 4. The largest absolute Gasteiger partial charge is 0.366 e. The minimum absolute atomic E-state index is 0.0498. The van der Waals surface area contributed by atoms with Crippen molar-refractivity contribution in [3.63, 3.8) is 0 Å². The zero-order valence-electron chi connectivity index (χ0n) is 13.1. The molecule has 3 rings (SSSR count). The fraction of sp³-hybridized carbons (Fsp3) is 0.111. The predicted molar refractivity (Wildman–Crippen MR) is 95.2 cm³/mol. The zero-order valence-corrected chi connectivity index (χ0v) is 13.8. The molecule has 0 saturated carbocycles. The van der Waals surface area contributed by atoms with Crippen LogP contribution < -0.4 is 10.6 Å². The van der Waals surface area contributed by atoms with Crippen LogP contribution in [0.4, 0.5) is 21.8 Å². The van der Waals surface area contributed by atoms with Gasteiger partial charge in [-0.15, -0.1) is 0 Å². The second-order valence-electron chi connectivity index (χ2n) is 5.30. The SMILES string of the molecule is Cc1ccccc1CNc1ccnc(Nc2ccc(F)c(Cl)c2)n1. The number of nitrogens with one attached hydrogen (secondary N) is 2. The van der Waals surface area contributed by atoms with Crippen LogP contribution in [0.5, 0.6) is 0 Å².